The summed E-state index contributed by atoms with van der Waals surface area (Å²) in [5.74, 6) is -1.66. The molecule has 0 saturated carbocycles. The highest BCUT2D eigenvalue weighted by molar-refractivity contribution is 5.83. The van der Waals surface area contributed by atoms with Gasteiger partial charge < -0.3 is 15.5 Å². The maximum atomic E-state index is 11.4. The number of hydrogen-bond acceptors (Lipinski definition) is 4. The summed E-state index contributed by atoms with van der Waals surface area (Å²) < 4.78 is 0. The molecule has 0 radical (unpaired) electrons. The van der Waals surface area contributed by atoms with E-state index in [-0.39, 0.29) is 6.42 Å². The third-order valence-corrected chi connectivity index (χ3v) is 2.18. The van der Waals surface area contributed by atoms with Crippen molar-refractivity contribution in [3.63, 3.8) is 0 Å². The number of pyridine rings is 1. The molecule has 1 atom stereocenters. The monoisotopic (exact) mass is 238 g/mol. The Hall–Kier alpha value is -1.95. The van der Waals surface area contributed by atoms with Crippen molar-refractivity contribution in [1.82, 2.24) is 10.3 Å². The number of carbonyl (C=O) groups excluding carboxylic acids is 1. The molecule has 6 heteroatoms. The molecular weight excluding hydrogens is 224 g/mol. The van der Waals surface area contributed by atoms with E-state index in [0.29, 0.717) is 6.42 Å². The average molecular weight is 238 g/mol. The van der Waals surface area contributed by atoms with Gasteiger partial charge in [-0.25, -0.2) is 4.79 Å². The van der Waals surface area contributed by atoms with E-state index in [9.17, 15) is 9.59 Å². The van der Waals surface area contributed by atoms with Crippen molar-refractivity contribution in [1.29, 1.82) is 0 Å². The molecule has 3 N–H and O–H groups in total. The molecule has 0 saturated heterocycles. The molecule has 17 heavy (non-hydrogen) atoms. The summed E-state index contributed by atoms with van der Waals surface area (Å²) in [4.78, 5) is 25.8. The Labute approximate surface area is 98.3 Å². The summed E-state index contributed by atoms with van der Waals surface area (Å²) in [5, 5.41) is 19.6. The number of nitrogens with one attached hydrogen (secondary N) is 1. The Kier molecular flexibility index (Phi) is 5.09. The summed E-state index contributed by atoms with van der Waals surface area (Å²) in [6, 6.07) is 2.36. The maximum absolute atomic E-state index is 11.4. The number of nitrogens with zero attached hydrogens (tertiary/aromatic N) is 1. The van der Waals surface area contributed by atoms with Crippen molar-refractivity contribution in [2.24, 2.45) is 0 Å². The number of aryl methyl sites for hydroxylation is 1. The van der Waals surface area contributed by atoms with Gasteiger partial charge in [-0.1, -0.05) is 6.07 Å². The molecular formula is C11H14N2O4. The van der Waals surface area contributed by atoms with Crippen molar-refractivity contribution in [2.75, 3.05) is 6.61 Å². The number of aliphatic hydroxyl groups excluding tert-OH is 1. The molecule has 0 aliphatic carbocycles. The molecule has 0 aromatic carbocycles. The first-order chi connectivity index (χ1) is 8.13. The van der Waals surface area contributed by atoms with Gasteiger partial charge in [0.15, 0.2) is 0 Å². The van der Waals surface area contributed by atoms with Crippen LogP contribution in [-0.4, -0.2) is 39.7 Å². The van der Waals surface area contributed by atoms with Crippen LogP contribution in [0, 0.1) is 0 Å². The van der Waals surface area contributed by atoms with E-state index in [2.05, 4.69) is 10.3 Å². The van der Waals surface area contributed by atoms with Crippen LogP contribution < -0.4 is 5.32 Å². The number of amides is 1. The van der Waals surface area contributed by atoms with Crippen LogP contribution >= 0.6 is 0 Å². The van der Waals surface area contributed by atoms with E-state index in [0.717, 1.165) is 5.56 Å². The highest BCUT2D eigenvalue weighted by Crippen LogP contribution is 2.00. The zero-order valence-corrected chi connectivity index (χ0v) is 9.17. The number of hydrogen-bond donors (Lipinski definition) is 3. The second kappa shape index (κ2) is 6.59. The van der Waals surface area contributed by atoms with Crippen LogP contribution in [0.15, 0.2) is 24.5 Å². The zero-order valence-electron chi connectivity index (χ0n) is 9.17. The second-order valence-corrected chi connectivity index (χ2v) is 3.50. The summed E-state index contributed by atoms with van der Waals surface area (Å²) in [5.41, 5.74) is 0.901. The van der Waals surface area contributed by atoms with Gasteiger partial charge in [-0.3, -0.25) is 9.78 Å². The third-order valence-electron chi connectivity index (χ3n) is 2.18. The van der Waals surface area contributed by atoms with Crippen molar-refractivity contribution < 1.29 is 19.8 Å². The summed E-state index contributed by atoms with van der Waals surface area (Å²) in [6.07, 6.45) is 3.93. The van der Waals surface area contributed by atoms with Gasteiger partial charge >= 0.3 is 5.97 Å². The predicted octanol–water partition coefficient (Wildman–Crippen LogP) is -0.424. The SMILES string of the molecule is O=C(CCc1cccnc1)NC(CO)C(=O)O. The zero-order chi connectivity index (χ0) is 12.7. The molecule has 0 fully saturated rings. The van der Waals surface area contributed by atoms with Crippen molar-refractivity contribution in [2.45, 2.75) is 18.9 Å². The predicted molar refractivity (Wildman–Crippen MR) is 59.2 cm³/mol. The van der Waals surface area contributed by atoms with E-state index < -0.39 is 24.5 Å². The fourth-order valence-electron chi connectivity index (χ4n) is 1.26. The fourth-order valence-corrected chi connectivity index (χ4v) is 1.26. The minimum atomic E-state index is -1.25. The van der Waals surface area contributed by atoms with Crippen molar-refractivity contribution >= 4 is 11.9 Å². The van der Waals surface area contributed by atoms with Gasteiger partial charge in [0, 0.05) is 18.8 Å². The van der Waals surface area contributed by atoms with Gasteiger partial charge in [-0.05, 0) is 18.1 Å². The lowest BCUT2D eigenvalue weighted by molar-refractivity contribution is -0.142. The number of aromatic nitrogens is 1. The van der Waals surface area contributed by atoms with Gasteiger partial charge in [0.1, 0.15) is 6.04 Å². The lowest BCUT2D eigenvalue weighted by Crippen LogP contribution is -2.43. The highest BCUT2D eigenvalue weighted by Gasteiger charge is 2.18. The maximum Gasteiger partial charge on any atom is 0.328 e. The molecule has 1 unspecified atom stereocenters. The molecule has 0 spiro atoms. The molecule has 0 bridgehead atoms. The Morgan fingerprint density at radius 3 is 2.76 bits per heavy atom. The average Bonchev–Trinajstić information content (AvgIpc) is 2.34. The summed E-state index contributed by atoms with van der Waals surface area (Å²) >= 11 is 0. The summed E-state index contributed by atoms with van der Waals surface area (Å²) in [6.45, 7) is -0.617. The Bertz CT molecular complexity index is 380. The van der Waals surface area contributed by atoms with Crippen LogP contribution in [0.25, 0.3) is 0 Å². The molecule has 1 amide bonds. The molecule has 92 valence electrons. The smallest absolute Gasteiger partial charge is 0.328 e. The number of carbonyl (C=O) groups is 2. The first-order valence-corrected chi connectivity index (χ1v) is 5.15. The number of carboxylic acids is 1. The molecule has 1 rings (SSSR count). The molecule has 6 nitrogen and oxygen atoms in total. The molecule has 0 aliphatic heterocycles. The Balaban J connectivity index is 2.37. The first-order valence-electron chi connectivity index (χ1n) is 5.15. The van der Waals surface area contributed by atoms with Gasteiger partial charge in [0.25, 0.3) is 0 Å². The van der Waals surface area contributed by atoms with E-state index in [1.165, 1.54) is 0 Å². The van der Waals surface area contributed by atoms with Gasteiger partial charge in [0.05, 0.1) is 6.61 Å². The van der Waals surface area contributed by atoms with Crippen LogP contribution in [0.1, 0.15) is 12.0 Å². The van der Waals surface area contributed by atoms with E-state index >= 15 is 0 Å². The van der Waals surface area contributed by atoms with E-state index in [4.69, 9.17) is 10.2 Å². The second-order valence-electron chi connectivity index (χ2n) is 3.50. The number of aliphatic hydroxyl groups is 1. The molecule has 1 heterocycles. The van der Waals surface area contributed by atoms with Crippen LogP contribution in [0.2, 0.25) is 0 Å². The molecule has 1 aromatic heterocycles. The number of carboxylic acid groups (broad SMARTS) is 1. The Morgan fingerprint density at radius 2 is 2.24 bits per heavy atom. The van der Waals surface area contributed by atoms with E-state index in [1.54, 1.807) is 18.5 Å². The number of rotatable bonds is 6. The number of aliphatic carboxylic acids is 1. The van der Waals surface area contributed by atoms with Crippen molar-refractivity contribution in [3.8, 4) is 0 Å². The minimum Gasteiger partial charge on any atom is -0.480 e. The molecule has 0 aliphatic rings. The van der Waals surface area contributed by atoms with Crippen LogP contribution in [0.3, 0.4) is 0 Å². The standard InChI is InChI=1S/C11H14N2O4/c14-7-9(11(16)17)13-10(15)4-3-8-2-1-5-12-6-8/h1-2,5-6,9,14H,3-4,7H2,(H,13,15)(H,16,17). The Morgan fingerprint density at radius 1 is 1.47 bits per heavy atom. The fraction of sp³-hybridized carbons (Fsp3) is 0.364. The first kappa shape index (κ1) is 13.1. The quantitative estimate of drug-likeness (QED) is 0.625. The topological polar surface area (TPSA) is 99.5 Å². The lowest BCUT2D eigenvalue weighted by atomic mass is 10.1. The lowest BCUT2D eigenvalue weighted by Gasteiger charge is -2.11. The van der Waals surface area contributed by atoms with Gasteiger partial charge in [-0.2, -0.15) is 0 Å². The van der Waals surface area contributed by atoms with Gasteiger partial charge in [-0.15, -0.1) is 0 Å². The van der Waals surface area contributed by atoms with Crippen LogP contribution in [0.5, 0.6) is 0 Å². The van der Waals surface area contributed by atoms with Crippen LogP contribution in [0.4, 0.5) is 0 Å². The summed E-state index contributed by atoms with van der Waals surface area (Å²) in [7, 11) is 0. The normalized spacial score (nSPS) is 11.8. The van der Waals surface area contributed by atoms with Gasteiger partial charge in [0.2, 0.25) is 5.91 Å². The van der Waals surface area contributed by atoms with Crippen molar-refractivity contribution in [3.05, 3.63) is 30.1 Å². The molecule has 1 aromatic rings. The minimum absolute atomic E-state index is 0.162. The van der Waals surface area contributed by atoms with E-state index in [1.807, 2.05) is 6.07 Å². The largest absolute Gasteiger partial charge is 0.480 e. The third kappa shape index (κ3) is 4.60. The highest BCUT2D eigenvalue weighted by atomic mass is 16.4. The van der Waals surface area contributed by atoms with Crippen LogP contribution in [-0.2, 0) is 16.0 Å².